The van der Waals surface area contributed by atoms with Gasteiger partial charge < -0.3 is 11.1 Å². The standard InChI is InChI=1S/C9H18N4S/c1-3-9(4-2,5-10)6-11-8-12-7-13-14-8/h7H,3-6,10H2,1-2H3,(H,11,12,13). The molecule has 3 N–H and O–H groups in total. The highest BCUT2D eigenvalue weighted by Gasteiger charge is 2.24. The smallest absolute Gasteiger partial charge is 0.202 e. The molecule has 0 amide bonds. The van der Waals surface area contributed by atoms with Crippen LogP contribution in [0.25, 0.3) is 0 Å². The summed E-state index contributed by atoms with van der Waals surface area (Å²) in [7, 11) is 0. The maximum atomic E-state index is 5.80. The van der Waals surface area contributed by atoms with E-state index in [-0.39, 0.29) is 5.41 Å². The minimum absolute atomic E-state index is 0.200. The molecule has 1 heterocycles. The predicted octanol–water partition coefficient (Wildman–Crippen LogP) is 1.72. The molecule has 0 aliphatic rings. The summed E-state index contributed by atoms with van der Waals surface area (Å²) >= 11 is 1.38. The molecule has 0 aliphatic heterocycles. The zero-order chi connectivity index (χ0) is 10.4. The van der Waals surface area contributed by atoms with Crippen molar-refractivity contribution in [2.45, 2.75) is 26.7 Å². The zero-order valence-electron chi connectivity index (χ0n) is 8.79. The Kier molecular flexibility index (Phi) is 4.28. The van der Waals surface area contributed by atoms with Gasteiger partial charge in [0.05, 0.1) is 0 Å². The summed E-state index contributed by atoms with van der Waals surface area (Å²) in [5, 5.41) is 4.16. The number of hydrogen-bond donors (Lipinski definition) is 2. The van der Waals surface area contributed by atoms with Gasteiger partial charge in [0.1, 0.15) is 6.33 Å². The Morgan fingerprint density at radius 1 is 1.50 bits per heavy atom. The van der Waals surface area contributed by atoms with Crippen LogP contribution in [0.5, 0.6) is 0 Å². The normalized spacial score (nSPS) is 11.6. The molecule has 0 unspecified atom stereocenters. The van der Waals surface area contributed by atoms with Crippen molar-refractivity contribution < 1.29 is 0 Å². The maximum Gasteiger partial charge on any atom is 0.202 e. The summed E-state index contributed by atoms with van der Waals surface area (Å²) in [6.07, 6.45) is 3.74. The molecule has 0 spiro atoms. The van der Waals surface area contributed by atoms with Crippen LogP contribution in [-0.2, 0) is 0 Å². The third kappa shape index (κ3) is 2.65. The van der Waals surface area contributed by atoms with Crippen molar-refractivity contribution in [2.75, 3.05) is 18.4 Å². The summed E-state index contributed by atoms with van der Waals surface area (Å²) in [5.41, 5.74) is 6.00. The lowest BCUT2D eigenvalue weighted by molar-refractivity contribution is 0.294. The monoisotopic (exact) mass is 214 g/mol. The summed E-state index contributed by atoms with van der Waals surface area (Å²) in [6.45, 7) is 5.95. The third-order valence-corrected chi connectivity index (χ3v) is 3.53. The minimum atomic E-state index is 0.200. The van der Waals surface area contributed by atoms with Gasteiger partial charge in [-0.1, -0.05) is 13.8 Å². The van der Waals surface area contributed by atoms with Crippen LogP contribution in [0, 0.1) is 5.41 Å². The highest BCUT2D eigenvalue weighted by Crippen LogP contribution is 2.25. The van der Waals surface area contributed by atoms with E-state index in [4.69, 9.17) is 5.73 Å². The summed E-state index contributed by atoms with van der Waals surface area (Å²) in [5.74, 6) is 0. The number of anilines is 1. The Morgan fingerprint density at radius 2 is 2.21 bits per heavy atom. The molecule has 0 saturated carbocycles. The Hall–Kier alpha value is -0.680. The van der Waals surface area contributed by atoms with Crippen molar-refractivity contribution in [3.8, 4) is 0 Å². The molecule has 0 fully saturated rings. The Morgan fingerprint density at radius 3 is 2.64 bits per heavy atom. The van der Waals surface area contributed by atoms with Gasteiger partial charge in [0.15, 0.2) is 0 Å². The Balaban J connectivity index is 2.48. The topological polar surface area (TPSA) is 63.8 Å². The van der Waals surface area contributed by atoms with Crippen LogP contribution < -0.4 is 11.1 Å². The second-order valence-corrected chi connectivity index (χ2v) is 4.29. The van der Waals surface area contributed by atoms with Gasteiger partial charge in [0.2, 0.25) is 5.13 Å². The lowest BCUT2D eigenvalue weighted by atomic mass is 9.82. The minimum Gasteiger partial charge on any atom is -0.360 e. The van der Waals surface area contributed by atoms with Gasteiger partial charge in [-0.25, -0.2) is 4.98 Å². The molecule has 1 aromatic rings. The second-order valence-electron chi connectivity index (χ2n) is 3.51. The molecule has 1 aromatic heterocycles. The average Bonchev–Trinajstić information content (AvgIpc) is 2.74. The van der Waals surface area contributed by atoms with Crippen molar-refractivity contribution in [1.82, 2.24) is 9.36 Å². The molecule has 1 rings (SSSR count). The van der Waals surface area contributed by atoms with Crippen molar-refractivity contribution in [3.63, 3.8) is 0 Å². The van der Waals surface area contributed by atoms with Gasteiger partial charge in [0.25, 0.3) is 0 Å². The van der Waals surface area contributed by atoms with Crippen LogP contribution in [-0.4, -0.2) is 22.4 Å². The molecule has 14 heavy (non-hydrogen) atoms. The van der Waals surface area contributed by atoms with Gasteiger partial charge in [0, 0.05) is 18.1 Å². The van der Waals surface area contributed by atoms with Gasteiger partial charge in [-0.05, 0) is 24.8 Å². The number of rotatable bonds is 6. The molecule has 0 radical (unpaired) electrons. The maximum absolute atomic E-state index is 5.80. The fraction of sp³-hybridized carbons (Fsp3) is 0.778. The summed E-state index contributed by atoms with van der Waals surface area (Å²) in [6, 6.07) is 0. The van der Waals surface area contributed by atoms with E-state index in [2.05, 4.69) is 28.5 Å². The Bertz CT molecular complexity index is 235. The van der Waals surface area contributed by atoms with Crippen LogP contribution in [0.3, 0.4) is 0 Å². The highest BCUT2D eigenvalue weighted by atomic mass is 32.1. The largest absolute Gasteiger partial charge is 0.360 e. The fourth-order valence-electron chi connectivity index (χ4n) is 1.37. The van der Waals surface area contributed by atoms with Crippen LogP contribution in [0.1, 0.15) is 26.7 Å². The van der Waals surface area contributed by atoms with Crippen LogP contribution in [0.15, 0.2) is 6.33 Å². The zero-order valence-corrected chi connectivity index (χ0v) is 9.60. The molecule has 0 bridgehead atoms. The first-order valence-corrected chi connectivity index (χ1v) is 5.74. The van der Waals surface area contributed by atoms with Gasteiger partial charge in [-0.15, -0.1) is 0 Å². The summed E-state index contributed by atoms with van der Waals surface area (Å²) in [4.78, 5) is 4.08. The highest BCUT2D eigenvalue weighted by molar-refractivity contribution is 7.09. The number of aromatic nitrogens is 2. The SMILES string of the molecule is CCC(CC)(CN)CNc1ncns1. The number of nitrogens with one attached hydrogen (secondary N) is 1. The van der Waals surface area contributed by atoms with E-state index in [1.165, 1.54) is 11.5 Å². The quantitative estimate of drug-likeness (QED) is 0.756. The van der Waals surface area contributed by atoms with Gasteiger partial charge in [-0.2, -0.15) is 4.37 Å². The first-order valence-electron chi connectivity index (χ1n) is 4.97. The first-order chi connectivity index (χ1) is 6.76. The van der Waals surface area contributed by atoms with Crippen molar-refractivity contribution in [2.24, 2.45) is 11.1 Å². The number of hydrogen-bond acceptors (Lipinski definition) is 5. The molecule has 0 saturated heterocycles. The molecule has 0 aliphatic carbocycles. The molecule has 0 atom stereocenters. The molecular formula is C9H18N4S. The molecular weight excluding hydrogens is 196 g/mol. The Labute approximate surface area is 89.1 Å². The van der Waals surface area contributed by atoms with Crippen LogP contribution in [0.2, 0.25) is 0 Å². The van der Waals surface area contributed by atoms with Crippen molar-refractivity contribution >= 4 is 16.7 Å². The molecule has 4 nitrogen and oxygen atoms in total. The van der Waals surface area contributed by atoms with Gasteiger partial charge >= 0.3 is 0 Å². The number of nitrogens with zero attached hydrogens (tertiary/aromatic N) is 2. The van der Waals surface area contributed by atoms with E-state index < -0.39 is 0 Å². The predicted molar refractivity (Wildman–Crippen MR) is 60.5 cm³/mol. The third-order valence-electron chi connectivity index (χ3n) is 2.91. The fourth-order valence-corrected chi connectivity index (χ4v) is 1.80. The lowest BCUT2D eigenvalue weighted by Crippen LogP contribution is -2.36. The van der Waals surface area contributed by atoms with E-state index in [0.717, 1.165) is 24.5 Å². The van der Waals surface area contributed by atoms with E-state index in [1.807, 2.05) is 0 Å². The van der Waals surface area contributed by atoms with E-state index in [0.29, 0.717) is 6.54 Å². The molecule has 5 heteroatoms. The van der Waals surface area contributed by atoms with Gasteiger partial charge in [-0.3, -0.25) is 0 Å². The molecule has 0 aromatic carbocycles. The van der Waals surface area contributed by atoms with E-state index >= 15 is 0 Å². The first kappa shape index (κ1) is 11.4. The second kappa shape index (κ2) is 5.26. The van der Waals surface area contributed by atoms with Crippen molar-refractivity contribution in [1.29, 1.82) is 0 Å². The van der Waals surface area contributed by atoms with Crippen LogP contribution in [0.4, 0.5) is 5.13 Å². The van der Waals surface area contributed by atoms with E-state index in [9.17, 15) is 0 Å². The lowest BCUT2D eigenvalue weighted by Gasteiger charge is -2.29. The number of nitrogens with two attached hydrogens (primary N) is 1. The van der Waals surface area contributed by atoms with Crippen molar-refractivity contribution in [3.05, 3.63) is 6.33 Å². The van der Waals surface area contributed by atoms with E-state index in [1.54, 1.807) is 6.33 Å². The molecule has 80 valence electrons. The average molecular weight is 214 g/mol. The summed E-state index contributed by atoms with van der Waals surface area (Å²) < 4.78 is 3.94. The van der Waals surface area contributed by atoms with Crippen LogP contribution >= 0.6 is 11.5 Å².